The molecule has 0 rings (SSSR count). The van der Waals surface area contributed by atoms with E-state index in [2.05, 4.69) is 16.5 Å². The van der Waals surface area contributed by atoms with E-state index in [1.54, 1.807) is 0 Å². The molecule has 11 heavy (non-hydrogen) atoms. The van der Waals surface area contributed by atoms with Gasteiger partial charge in [-0.05, 0) is 0 Å². The lowest BCUT2D eigenvalue weighted by atomic mass is 10.7. The van der Waals surface area contributed by atoms with E-state index in [-0.39, 0.29) is 6.61 Å². The lowest BCUT2D eigenvalue weighted by Gasteiger charge is -2.00. The van der Waals surface area contributed by atoms with Crippen LogP contribution in [0.1, 0.15) is 0 Å². The van der Waals surface area contributed by atoms with Crippen LogP contribution in [0.5, 0.6) is 0 Å². The van der Waals surface area contributed by atoms with Gasteiger partial charge in [-0.2, -0.15) is 8.42 Å². The first-order valence-electron chi connectivity index (χ1n) is 2.54. The zero-order chi connectivity index (χ0) is 8.91. The topological polar surface area (TPSA) is 98.5 Å². The van der Waals surface area contributed by atoms with Gasteiger partial charge in [-0.3, -0.25) is 0 Å². The Labute approximate surface area is 64.2 Å². The first-order chi connectivity index (χ1) is 4.95. The Kier molecular flexibility index (Phi) is 3.55. The van der Waals surface area contributed by atoms with Gasteiger partial charge in [0.2, 0.25) is 0 Å². The molecule has 0 saturated carbocycles. The van der Waals surface area contributed by atoms with Crippen molar-refractivity contribution in [2.24, 2.45) is 5.14 Å². The summed E-state index contributed by atoms with van der Waals surface area (Å²) >= 11 is 0. The van der Waals surface area contributed by atoms with Crippen molar-refractivity contribution in [2.75, 3.05) is 6.61 Å². The van der Waals surface area contributed by atoms with E-state index in [1.807, 2.05) is 0 Å². The van der Waals surface area contributed by atoms with Gasteiger partial charge in [0.05, 0.1) is 0 Å². The minimum Gasteiger partial charge on any atom is -0.445 e. The minimum absolute atomic E-state index is 0.0681. The number of hydrogen-bond donors (Lipinski definition) is 2. The van der Waals surface area contributed by atoms with Gasteiger partial charge in [0.15, 0.2) is 0 Å². The molecule has 0 aliphatic carbocycles. The van der Waals surface area contributed by atoms with Crippen LogP contribution in [0.25, 0.3) is 0 Å². The highest BCUT2D eigenvalue weighted by Gasteiger charge is 2.07. The van der Waals surface area contributed by atoms with Crippen LogP contribution in [0.3, 0.4) is 0 Å². The predicted octanol–water partition coefficient (Wildman–Crippen LogP) is -0.898. The molecule has 6 nitrogen and oxygen atoms in total. The van der Waals surface area contributed by atoms with Gasteiger partial charge >= 0.3 is 16.3 Å². The predicted molar refractivity (Wildman–Crippen MR) is 37.8 cm³/mol. The summed E-state index contributed by atoms with van der Waals surface area (Å²) < 4.78 is 25.9. The second-order valence-electron chi connectivity index (χ2n) is 1.53. The van der Waals surface area contributed by atoms with Crippen molar-refractivity contribution in [2.45, 2.75) is 0 Å². The smallest absolute Gasteiger partial charge is 0.422 e. The summed E-state index contributed by atoms with van der Waals surface area (Å²) in [5, 5.41) is 4.44. The van der Waals surface area contributed by atoms with Crippen LogP contribution in [0.15, 0.2) is 12.7 Å². The molecule has 0 bridgehead atoms. The van der Waals surface area contributed by atoms with Crippen molar-refractivity contribution in [1.29, 1.82) is 0 Å². The van der Waals surface area contributed by atoms with Crippen molar-refractivity contribution in [1.82, 2.24) is 4.72 Å². The van der Waals surface area contributed by atoms with Crippen LogP contribution >= 0.6 is 0 Å². The third-order valence-electron chi connectivity index (χ3n) is 0.558. The molecule has 0 aliphatic heterocycles. The van der Waals surface area contributed by atoms with E-state index in [1.165, 1.54) is 10.8 Å². The number of carbonyl (C=O) groups is 1. The van der Waals surface area contributed by atoms with Gasteiger partial charge in [-0.25, -0.2) is 14.7 Å². The second-order valence-corrected chi connectivity index (χ2v) is 2.83. The summed E-state index contributed by atoms with van der Waals surface area (Å²) in [7, 11) is -4.01. The highest BCUT2D eigenvalue weighted by molar-refractivity contribution is 7.87. The molecule has 0 heterocycles. The second kappa shape index (κ2) is 3.94. The van der Waals surface area contributed by atoms with Gasteiger partial charge in [0.1, 0.15) is 6.61 Å². The van der Waals surface area contributed by atoms with Crippen molar-refractivity contribution in [3.05, 3.63) is 12.7 Å². The molecule has 0 aromatic rings. The SMILES string of the molecule is C=CCOC(=O)NS(N)(=O)=O. The van der Waals surface area contributed by atoms with Crippen molar-refractivity contribution < 1.29 is 17.9 Å². The van der Waals surface area contributed by atoms with E-state index in [4.69, 9.17) is 0 Å². The van der Waals surface area contributed by atoms with Crippen LogP contribution in [-0.2, 0) is 14.9 Å². The Morgan fingerprint density at radius 1 is 1.73 bits per heavy atom. The average molecular weight is 180 g/mol. The van der Waals surface area contributed by atoms with Crippen molar-refractivity contribution >= 4 is 16.3 Å². The molecule has 0 aliphatic rings. The summed E-state index contributed by atoms with van der Waals surface area (Å²) in [6, 6.07) is 0. The van der Waals surface area contributed by atoms with E-state index in [0.29, 0.717) is 0 Å². The largest absolute Gasteiger partial charge is 0.445 e. The first kappa shape index (κ1) is 9.92. The number of nitrogens with two attached hydrogens (primary N) is 1. The normalized spacial score (nSPS) is 10.3. The number of rotatable bonds is 3. The molecule has 0 radical (unpaired) electrons. The number of nitrogens with one attached hydrogen (secondary N) is 1. The molecular formula is C4H8N2O4S. The Hall–Kier alpha value is -1.08. The lowest BCUT2D eigenvalue weighted by Crippen LogP contribution is -2.36. The summed E-state index contributed by atoms with van der Waals surface area (Å²) in [6.07, 6.45) is 0.176. The van der Waals surface area contributed by atoms with E-state index in [9.17, 15) is 13.2 Å². The molecule has 0 unspecified atom stereocenters. The quantitative estimate of drug-likeness (QED) is 0.550. The summed E-state index contributed by atoms with van der Waals surface area (Å²) in [5.74, 6) is 0. The molecule has 7 heteroatoms. The molecule has 0 fully saturated rings. The zero-order valence-corrected chi connectivity index (χ0v) is 6.43. The fourth-order valence-corrected chi connectivity index (χ4v) is 0.571. The Balaban J connectivity index is 3.80. The third-order valence-corrected chi connectivity index (χ3v) is 1.01. The van der Waals surface area contributed by atoms with Crippen molar-refractivity contribution in [3.8, 4) is 0 Å². The maximum Gasteiger partial charge on any atom is 0.422 e. The maximum absolute atomic E-state index is 10.4. The van der Waals surface area contributed by atoms with Gasteiger partial charge in [-0.1, -0.05) is 12.7 Å². The van der Waals surface area contributed by atoms with E-state index in [0.717, 1.165) is 0 Å². The Morgan fingerprint density at radius 2 is 2.27 bits per heavy atom. The van der Waals surface area contributed by atoms with Gasteiger partial charge in [0.25, 0.3) is 0 Å². The molecular weight excluding hydrogens is 172 g/mol. The van der Waals surface area contributed by atoms with Crippen LogP contribution in [0.2, 0.25) is 0 Å². The fraction of sp³-hybridized carbons (Fsp3) is 0.250. The fourth-order valence-electron chi connectivity index (χ4n) is 0.280. The summed E-state index contributed by atoms with van der Waals surface area (Å²) in [6.45, 7) is 3.18. The monoisotopic (exact) mass is 180 g/mol. The van der Waals surface area contributed by atoms with E-state index < -0.39 is 16.3 Å². The standard InChI is InChI=1S/C4H8N2O4S/c1-2-3-10-4(7)6-11(5,8)9/h2H,1,3H2,(H,6,7)(H2,5,8,9). The molecule has 0 aromatic heterocycles. The van der Waals surface area contributed by atoms with Crippen LogP contribution in [0.4, 0.5) is 4.79 Å². The van der Waals surface area contributed by atoms with Gasteiger partial charge in [0, 0.05) is 0 Å². The summed E-state index contributed by atoms with van der Waals surface area (Å²) in [4.78, 5) is 10.4. The van der Waals surface area contributed by atoms with E-state index >= 15 is 0 Å². The summed E-state index contributed by atoms with van der Waals surface area (Å²) in [5.41, 5.74) is 0. The lowest BCUT2D eigenvalue weighted by molar-refractivity contribution is 0.165. The van der Waals surface area contributed by atoms with Gasteiger partial charge in [-0.15, -0.1) is 0 Å². The van der Waals surface area contributed by atoms with Gasteiger partial charge < -0.3 is 4.74 Å². The molecule has 0 aromatic carbocycles. The highest BCUT2D eigenvalue weighted by Crippen LogP contribution is 1.78. The minimum atomic E-state index is -4.01. The van der Waals surface area contributed by atoms with Crippen LogP contribution in [-0.4, -0.2) is 21.1 Å². The number of carbonyl (C=O) groups excluding carboxylic acids is 1. The average Bonchev–Trinajstić information content (AvgIpc) is 1.79. The molecule has 0 spiro atoms. The molecule has 64 valence electrons. The number of hydrogen-bond acceptors (Lipinski definition) is 4. The molecule has 0 saturated heterocycles. The third kappa shape index (κ3) is 6.81. The molecule has 1 amide bonds. The Morgan fingerprint density at radius 3 is 2.64 bits per heavy atom. The molecule has 3 N–H and O–H groups in total. The maximum atomic E-state index is 10.4. The zero-order valence-electron chi connectivity index (χ0n) is 5.61. The number of ether oxygens (including phenoxy) is 1. The van der Waals surface area contributed by atoms with Crippen LogP contribution in [0, 0.1) is 0 Å². The van der Waals surface area contributed by atoms with Crippen molar-refractivity contribution in [3.63, 3.8) is 0 Å². The van der Waals surface area contributed by atoms with Crippen LogP contribution < -0.4 is 9.86 Å². The molecule has 0 atom stereocenters. The Bertz CT molecular complexity index is 245. The number of amides is 1. The highest BCUT2D eigenvalue weighted by atomic mass is 32.2. The first-order valence-corrected chi connectivity index (χ1v) is 4.08.